The second-order valence-electron chi connectivity index (χ2n) is 3.89. The molecule has 2 heteroatoms. The van der Waals surface area contributed by atoms with Crippen molar-refractivity contribution in [2.24, 2.45) is 0 Å². The van der Waals surface area contributed by atoms with E-state index in [4.69, 9.17) is 0 Å². The van der Waals surface area contributed by atoms with E-state index in [0.29, 0.717) is 0 Å². The number of benzene rings is 2. The minimum atomic E-state index is 0.958. The van der Waals surface area contributed by atoms with Crippen LogP contribution in [0.15, 0.2) is 54.7 Å². The number of thioether (sulfide) groups is 1. The predicted molar refractivity (Wildman–Crippen MR) is 79.7 cm³/mol. The molecule has 0 heterocycles. The maximum atomic E-state index is 4.06. The summed E-state index contributed by atoms with van der Waals surface area (Å²) in [7, 11) is 0. The van der Waals surface area contributed by atoms with Gasteiger partial charge in [0.05, 0.1) is 0 Å². The summed E-state index contributed by atoms with van der Waals surface area (Å²) < 4.78 is 0. The molecule has 0 spiro atoms. The molecular formula is C15H17NS. The van der Waals surface area contributed by atoms with Crippen molar-refractivity contribution in [3.05, 3.63) is 54.7 Å². The molecule has 0 fully saturated rings. The highest BCUT2D eigenvalue weighted by Gasteiger charge is 2.00. The second-order valence-corrected chi connectivity index (χ2v) is 5.17. The molecule has 0 amide bonds. The fourth-order valence-corrected chi connectivity index (χ4v) is 2.31. The molecule has 2 rings (SSSR count). The molecule has 1 nitrogen and oxygen atoms in total. The van der Waals surface area contributed by atoms with Crippen molar-refractivity contribution in [1.29, 1.82) is 0 Å². The summed E-state index contributed by atoms with van der Waals surface area (Å²) in [6.45, 7) is 6.22. The van der Waals surface area contributed by atoms with Crippen molar-refractivity contribution in [3.63, 3.8) is 0 Å². The number of rotatable bonds is 5. The largest absolute Gasteiger partial charge is 0.358 e. The zero-order valence-electron chi connectivity index (χ0n) is 10.1. The Morgan fingerprint density at radius 3 is 2.76 bits per heavy atom. The Morgan fingerprint density at radius 1 is 1.18 bits per heavy atom. The Morgan fingerprint density at radius 2 is 1.94 bits per heavy atom. The Bertz CT molecular complexity index is 514. The van der Waals surface area contributed by atoms with Crippen LogP contribution < -0.4 is 5.32 Å². The van der Waals surface area contributed by atoms with E-state index in [1.165, 1.54) is 10.8 Å². The van der Waals surface area contributed by atoms with Gasteiger partial charge in [-0.3, -0.25) is 0 Å². The summed E-state index contributed by atoms with van der Waals surface area (Å²) in [6, 6.07) is 14.7. The van der Waals surface area contributed by atoms with Gasteiger partial charge in [-0.25, -0.2) is 0 Å². The van der Waals surface area contributed by atoms with Gasteiger partial charge in [0.1, 0.15) is 0 Å². The summed E-state index contributed by atoms with van der Waals surface area (Å²) in [5.41, 5.74) is 2.21. The third kappa shape index (κ3) is 3.04. The third-order valence-corrected chi connectivity index (χ3v) is 3.54. The number of hydrogen-bond donors (Lipinski definition) is 1. The number of hydrogen-bond acceptors (Lipinski definition) is 2. The average molecular weight is 243 g/mol. The minimum absolute atomic E-state index is 0.958. The van der Waals surface area contributed by atoms with E-state index in [0.717, 1.165) is 22.9 Å². The van der Waals surface area contributed by atoms with Crippen LogP contribution in [-0.2, 0) is 0 Å². The van der Waals surface area contributed by atoms with Gasteiger partial charge in [0, 0.05) is 22.5 Å². The molecule has 88 valence electrons. The Balaban J connectivity index is 2.21. The summed E-state index contributed by atoms with van der Waals surface area (Å²) in [6.07, 6.45) is 0. The highest BCUT2D eigenvalue weighted by atomic mass is 32.2. The van der Waals surface area contributed by atoms with Gasteiger partial charge in [-0.05, 0) is 17.2 Å². The van der Waals surface area contributed by atoms with Crippen LogP contribution in [0.3, 0.4) is 0 Å². The first-order chi connectivity index (χ1) is 8.31. The van der Waals surface area contributed by atoms with Crippen LogP contribution in [0.4, 0.5) is 5.69 Å². The summed E-state index contributed by atoms with van der Waals surface area (Å²) in [4.78, 5) is 0. The molecule has 17 heavy (non-hydrogen) atoms. The van der Waals surface area contributed by atoms with Gasteiger partial charge in [0.2, 0.25) is 0 Å². The molecular weight excluding hydrogens is 226 g/mol. The van der Waals surface area contributed by atoms with Crippen molar-refractivity contribution in [3.8, 4) is 0 Å². The first kappa shape index (κ1) is 12.1. The monoisotopic (exact) mass is 243 g/mol. The van der Waals surface area contributed by atoms with E-state index in [-0.39, 0.29) is 0 Å². The molecule has 0 aliphatic rings. The Hall–Kier alpha value is -1.41. The van der Waals surface area contributed by atoms with Gasteiger partial charge in [-0.1, -0.05) is 49.9 Å². The van der Waals surface area contributed by atoms with Crippen molar-refractivity contribution in [1.82, 2.24) is 0 Å². The first-order valence-corrected chi connectivity index (χ1v) is 6.97. The summed E-state index contributed by atoms with van der Waals surface area (Å²) in [5.74, 6) is 2.08. The molecule has 0 aliphatic heterocycles. The van der Waals surface area contributed by atoms with Crippen molar-refractivity contribution in [2.45, 2.75) is 6.92 Å². The lowest BCUT2D eigenvalue weighted by Crippen LogP contribution is -2.01. The van der Waals surface area contributed by atoms with Crippen LogP contribution in [0.25, 0.3) is 10.8 Å². The van der Waals surface area contributed by atoms with Crippen molar-refractivity contribution in [2.75, 3.05) is 16.8 Å². The van der Waals surface area contributed by atoms with Gasteiger partial charge in [-0.2, -0.15) is 11.8 Å². The highest BCUT2D eigenvalue weighted by Crippen LogP contribution is 2.24. The van der Waals surface area contributed by atoms with E-state index in [2.05, 4.69) is 61.3 Å². The molecule has 1 N–H and O–H groups in total. The number of nitrogens with one attached hydrogen (secondary N) is 1. The highest BCUT2D eigenvalue weighted by molar-refractivity contribution is 7.99. The van der Waals surface area contributed by atoms with Crippen molar-refractivity contribution < 1.29 is 0 Å². The number of anilines is 1. The number of fused-ring (bicyclic) bond motifs is 1. The van der Waals surface area contributed by atoms with E-state index < -0.39 is 0 Å². The van der Waals surface area contributed by atoms with Gasteiger partial charge in [-0.15, -0.1) is 0 Å². The Kier molecular flexibility index (Phi) is 4.10. The van der Waals surface area contributed by atoms with E-state index in [1.807, 2.05) is 11.8 Å². The van der Waals surface area contributed by atoms with E-state index in [1.54, 1.807) is 0 Å². The van der Waals surface area contributed by atoms with Gasteiger partial charge >= 0.3 is 0 Å². The van der Waals surface area contributed by atoms with Crippen LogP contribution in [0.2, 0.25) is 0 Å². The van der Waals surface area contributed by atoms with Gasteiger partial charge in [0.25, 0.3) is 0 Å². The topological polar surface area (TPSA) is 12.0 Å². The molecule has 0 radical (unpaired) electrons. The quantitative estimate of drug-likeness (QED) is 0.828. The van der Waals surface area contributed by atoms with E-state index >= 15 is 0 Å². The normalized spacial score (nSPS) is 10.4. The van der Waals surface area contributed by atoms with Crippen LogP contribution >= 0.6 is 11.8 Å². The molecule has 0 bridgehead atoms. The molecule has 2 aromatic carbocycles. The lowest BCUT2D eigenvalue weighted by atomic mass is 10.1. The fraction of sp³-hybridized carbons (Fsp3) is 0.200. The van der Waals surface area contributed by atoms with Crippen LogP contribution in [0.5, 0.6) is 0 Å². The maximum Gasteiger partial charge on any atom is 0.0461 e. The zero-order valence-corrected chi connectivity index (χ0v) is 10.9. The first-order valence-electron chi connectivity index (χ1n) is 5.81. The molecule has 0 atom stereocenters. The second kappa shape index (κ2) is 5.78. The fourth-order valence-electron chi connectivity index (χ4n) is 1.79. The molecule has 0 aromatic heterocycles. The molecule has 0 unspecified atom stereocenters. The standard InChI is InChI=1S/C15H17NS/c1-3-17-11-12(2)16-15-10-6-8-13-7-4-5-9-14(13)15/h4-10,16H,2-3,11H2,1H3. The van der Waals surface area contributed by atoms with Gasteiger partial charge in [0.15, 0.2) is 0 Å². The van der Waals surface area contributed by atoms with Gasteiger partial charge < -0.3 is 5.32 Å². The molecule has 0 saturated carbocycles. The van der Waals surface area contributed by atoms with Crippen LogP contribution in [0.1, 0.15) is 6.92 Å². The molecule has 0 aliphatic carbocycles. The van der Waals surface area contributed by atoms with E-state index in [9.17, 15) is 0 Å². The Labute approximate surface area is 107 Å². The van der Waals surface area contributed by atoms with Crippen LogP contribution in [0, 0.1) is 0 Å². The third-order valence-electron chi connectivity index (χ3n) is 2.58. The lowest BCUT2D eigenvalue weighted by Gasteiger charge is -2.11. The summed E-state index contributed by atoms with van der Waals surface area (Å²) in [5, 5.41) is 5.91. The van der Waals surface area contributed by atoms with Crippen molar-refractivity contribution >= 4 is 28.2 Å². The maximum absolute atomic E-state index is 4.06. The minimum Gasteiger partial charge on any atom is -0.358 e. The van der Waals surface area contributed by atoms with Crippen LogP contribution in [-0.4, -0.2) is 11.5 Å². The molecule has 2 aromatic rings. The smallest absolute Gasteiger partial charge is 0.0461 e. The average Bonchev–Trinajstić information content (AvgIpc) is 2.37. The molecule has 0 saturated heterocycles. The summed E-state index contributed by atoms with van der Waals surface area (Å²) >= 11 is 1.88. The zero-order chi connectivity index (χ0) is 12.1. The SMILES string of the molecule is C=C(CSCC)Nc1cccc2ccccc12. The predicted octanol–water partition coefficient (Wildman–Crippen LogP) is 4.52. The lowest BCUT2D eigenvalue weighted by molar-refractivity contribution is 1.41.